The van der Waals surface area contributed by atoms with Gasteiger partial charge in [0, 0.05) is 32.7 Å². The first-order valence-corrected chi connectivity index (χ1v) is 6.23. The van der Waals surface area contributed by atoms with Crippen molar-refractivity contribution in [3.05, 3.63) is 27.9 Å². The normalized spacial score (nSPS) is 19.2. The summed E-state index contributed by atoms with van der Waals surface area (Å²) in [5.74, 6) is 0.720. The molecule has 0 aliphatic carbocycles. The highest BCUT2D eigenvalue weighted by Gasteiger charge is 2.18. The lowest BCUT2D eigenvalue weighted by atomic mass is 10.2. The Kier molecular flexibility index (Phi) is 4.28. The molecule has 2 heterocycles. The molecule has 1 unspecified atom stereocenters. The Morgan fingerprint density at radius 2 is 2.42 bits per heavy atom. The molecule has 2 rings (SSSR count). The van der Waals surface area contributed by atoms with Gasteiger partial charge in [0.25, 0.3) is 5.69 Å². The van der Waals surface area contributed by atoms with Crippen molar-refractivity contribution < 1.29 is 9.66 Å². The number of morpholine rings is 1. The molecular weight excluding hydrogens is 248 g/mol. The van der Waals surface area contributed by atoms with Crippen LogP contribution >= 0.6 is 0 Å². The van der Waals surface area contributed by atoms with Crippen LogP contribution in [0.4, 0.5) is 11.5 Å². The van der Waals surface area contributed by atoms with Gasteiger partial charge in [0.2, 0.25) is 0 Å². The van der Waals surface area contributed by atoms with Crippen molar-refractivity contribution in [1.82, 2.24) is 10.3 Å². The summed E-state index contributed by atoms with van der Waals surface area (Å²) in [5.41, 5.74) is 0.477. The smallest absolute Gasteiger partial charge is 0.290 e. The van der Waals surface area contributed by atoms with Crippen LogP contribution in [0.2, 0.25) is 0 Å². The molecule has 0 bridgehead atoms. The second-order valence-corrected chi connectivity index (χ2v) is 4.61. The van der Waals surface area contributed by atoms with Crippen molar-refractivity contribution in [3.8, 4) is 0 Å². The summed E-state index contributed by atoms with van der Waals surface area (Å²) in [7, 11) is 1.91. The molecule has 1 saturated heterocycles. The number of hydrogen-bond acceptors (Lipinski definition) is 6. The van der Waals surface area contributed by atoms with E-state index in [-0.39, 0.29) is 11.8 Å². The van der Waals surface area contributed by atoms with Crippen LogP contribution in [0.25, 0.3) is 0 Å². The van der Waals surface area contributed by atoms with Crippen LogP contribution in [0.3, 0.4) is 0 Å². The van der Waals surface area contributed by atoms with Gasteiger partial charge in [0.15, 0.2) is 0 Å². The van der Waals surface area contributed by atoms with E-state index in [0.29, 0.717) is 18.8 Å². The van der Waals surface area contributed by atoms with E-state index in [1.54, 1.807) is 13.0 Å². The number of aromatic nitrogens is 1. The molecular formula is C12H18N4O3. The summed E-state index contributed by atoms with van der Waals surface area (Å²) in [6.07, 6.45) is 0.121. The van der Waals surface area contributed by atoms with Crippen LogP contribution in [0.15, 0.2) is 12.1 Å². The third-order valence-corrected chi connectivity index (χ3v) is 3.11. The summed E-state index contributed by atoms with van der Waals surface area (Å²) < 4.78 is 5.62. The van der Waals surface area contributed by atoms with Gasteiger partial charge in [-0.3, -0.25) is 10.1 Å². The predicted molar refractivity (Wildman–Crippen MR) is 71.5 cm³/mol. The third kappa shape index (κ3) is 3.39. The molecule has 0 spiro atoms. The number of nitrogens with zero attached hydrogens (tertiary/aromatic N) is 3. The number of nitro groups is 1. The molecule has 1 aromatic heterocycles. The van der Waals surface area contributed by atoms with Crippen LogP contribution in [0, 0.1) is 17.0 Å². The van der Waals surface area contributed by atoms with Crippen LogP contribution in [-0.2, 0) is 4.74 Å². The molecule has 1 N–H and O–H groups in total. The quantitative estimate of drug-likeness (QED) is 0.639. The maximum absolute atomic E-state index is 10.7. The number of likely N-dealkylation sites (N-methyl/N-ethyl adjacent to an activating group) is 1. The van der Waals surface area contributed by atoms with Crippen LogP contribution in [0.1, 0.15) is 5.69 Å². The molecule has 0 radical (unpaired) electrons. The maximum atomic E-state index is 10.7. The highest BCUT2D eigenvalue weighted by molar-refractivity contribution is 5.46. The zero-order chi connectivity index (χ0) is 13.8. The van der Waals surface area contributed by atoms with Crippen molar-refractivity contribution in [2.45, 2.75) is 13.0 Å². The first-order valence-electron chi connectivity index (χ1n) is 6.23. The molecule has 1 aliphatic heterocycles. The van der Waals surface area contributed by atoms with E-state index in [2.05, 4.69) is 10.3 Å². The number of aryl methyl sites for hydroxylation is 1. The lowest BCUT2D eigenvalue weighted by molar-refractivity contribution is -0.385. The lowest BCUT2D eigenvalue weighted by Gasteiger charge is -2.28. The highest BCUT2D eigenvalue weighted by atomic mass is 16.6. The first-order chi connectivity index (χ1) is 9.08. The molecule has 1 aliphatic rings. The Labute approximate surface area is 111 Å². The summed E-state index contributed by atoms with van der Waals surface area (Å²) >= 11 is 0. The average molecular weight is 266 g/mol. The van der Waals surface area contributed by atoms with E-state index >= 15 is 0 Å². The van der Waals surface area contributed by atoms with Crippen molar-refractivity contribution in [3.63, 3.8) is 0 Å². The Balaban J connectivity index is 2.04. The maximum Gasteiger partial charge on any atom is 0.290 e. The van der Waals surface area contributed by atoms with Gasteiger partial charge >= 0.3 is 0 Å². The Morgan fingerprint density at radius 3 is 3.00 bits per heavy atom. The van der Waals surface area contributed by atoms with Gasteiger partial charge in [-0.25, -0.2) is 4.98 Å². The van der Waals surface area contributed by atoms with Gasteiger partial charge in [-0.2, -0.15) is 0 Å². The van der Waals surface area contributed by atoms with E-state index in [1.165, 1.54) is 6.07 Å². The molecule has 104 valence electrons. The number of ether oxygens (including phenoxy) is 1. The Morgan fingerprint density at radius 1 is 1.63 bits per heavy atom. The van der Waals surface area contributed by atoms with Crippen molar-refractivity contribution in [2.75, 3.05) is 38.2 Å². The second-order valence-electron chi connectivity index (χ2n) is 4.61. The fraction of sp³-hybridized carbons (Fsp3) is 0.583. The average Bonchev–Trinajstić information content (AvgIpc) is 2.39. The van der Waals surface area contributed by atoms with Crippen molar-refractivity contribution in [2.24, 2.45) is 0 Å². The highest BCUT2D eigenvalue weighted by Crippen LogP contribution is 2.20. The third-order valence-electron chi connectivity index (χ3n) is 3.11. The number of hydrogen-bond donors (Lipinski definition) is 1. The van der Waals surface area contributed by atoms with Gasteiger partial charge in [-0.15, -0.1) is 0 Å². The summed E-state index contributed by atoms with van der Waals surface area (Å²) in [6, 6.07) is 3.16. The zero-order valence-electron chi connectivity index (χ0n) is 11.1. The number of pyridine rings is 1. The van der Waals surface area contributed by atoms with Gasteiger partial charge in [-0.1, -0.05) is 0 Å². The van der Waals surface area contributed by atoms with Gasteiger partial charge in [-0.05, 0) is 13.0 Å². The van der Waals surface area contributed by atoms with Crippen LogP contribution < -0.4 is 10.2 Å². The van der Waals surface area contributed by atoms with E-state index < -0.39 is 4.92 Å². The monoisotopic (exact) mass is 266 g/mol. The lowest BCUT2D eigenvalue weighted by Crippen LogP contribution is -2.44. The number of anilines is 1. The van der Waals surface area contributed by atoms with Crippen LogP contribution in [-0.4, -0.2) is 49.3 Å². The molecule has 0 saturated carbocycles. The predicted octanol–water partition coefficient (Wildman–Crippen LogP) is 0.723. The molecule has 0 aromatic carbocycles. The SMILES string of the molecule is Cc1nc(N(C)CC2CNCCO2)ccc1[N+](=O)[O-]. The Hall–Kier alpha value is -1.73. The van der Waals surface area contributed by atoms with E-state index in [0.717, 1.165) is 18.9 Å². The summed E-state index contributed by atoms with van der Waals surface area (Å²) in [5, 5.41) is 14.0. The fourth-order valence-electron chi connectivity index (χ4n) is 2.08. The van der Waals surface area contributed by atoms with E-state index in [4.69, 9.17) is 4.74 Å². The van der Waals surface area contributed by atoms with Gasteiger partial charge in [0.1, 0.15) is 11.5 Å². The minimum atomic E-state index is -0.416. The standard InChI is InChI=1S/C12H18N4O3/c1-9-11(16(17)18)3-4-12(14-9)15(2)8-10-7-13-5-6-19-10/h3-4,10,13H,5-8H2,1-2H3. The second kappa shape index (κ2) is 5.94. The van der Waals surface area contributed by atoms with Crippen LogP contribution in [0.5, 0.6) is 0 Å². The molecule has 0 amide bonds. The Bertz CT molecular complexity index is 460. The number of nitrogens with one attached hydrogen (secondary N) is 1. The molecule has 7 nitrogen and oxygen atoms in total. The largest absolute Gasteiger partial charge is 0.374 e. The van der Waals surface area contributed by atoms with Crippen molar-refractivity contribution >= 4 is 11.5 Å². The minimum absolute atomic E-state index is 0.0488. The molecule has 19 heavy (non-hydrogen) atoms. The van der Waals surface area contributed by atoms with Gasteiger partial charge < -0.3 is 15.0 Å². The molecule has 1 fully saturated rings. The van der Waals surface area contributed by atoms with Crippen molar-refractivity contribution in [1.29, 1.82) is 0 Å². The zero-order valence-corrected chi connectivity index (χ0v) is 11.1. The molecule has 1 atom stereocenters. The topological polar surface area (TPSA) is 80.5 Å². The minimum Gasteiger partial charge on any atom is -0.374 e. The summed E-state index contributed by atoms with van der Waals surface area (Å²) in [6.45, 7) is 4.77. The molecule has 1 aromatic rings. The van der Waals surface area contributed by atoms with Gasteiger partial charge in [0.05, 0.1) is 17.6 Å². The van der Waals surface area contributed by atoms with E-state index in [9.17, 15) is 10.1 Å². The molecule has 7 heteroatoms. The fourth-order valence-corrected chi connectivity index (χ4v) is 2.08. The first kappa shape index (κ1) is 13.7. The number of rotatable bonds is 4. The summed E-state index contributed by atoms with van der Waals surface area (Å²) in [4.78, 5) is 16.5. The van der Waals surface area contributed by atoms with E-state index in [1.807, 2.05) is 11.9 Å².